The van der Waals surface area contributed by atoms with Crippen molar-refractivity contribution in [3.05, 3.63) is 24.4 Å². The van der Waals surface area contributed by atoms with Gasteiger partial charge in [0.25, 0.3) is 0 Å². The van der Waals surface area contributed by atoms with Gasteiger partial charge >= 0.3 is 0 Å². The number of hydrogen-bond acceptors (Lipinski definition) is 3. The average molecular weight is 176 g/mol. The maximum absolute atomic E-state index is 5.18. The van der Waals surface area contributed by atoms with Crippen LogP contribution in [0.5, 0.6) is 0 Å². The Bertz CT molecular complexity index is 426. The summed E-state index contributed by atoms with van der Waals surface area (Å²) in [4.78, 5) is 8.30. The van der Waals surface area contributed by atoms with Gasteiger partial charge in [-0.05, 0) is 5.41 Å². The number of nitrogens with zero attached hydrogens (tertiary/aromatic N) is 2. The van der Waals surface area contributed by atoms with Crippen LogP contribution < -0.4 is 0 Å². The summed E-state index contributed by atoms with van der Waals surface area (Å²) < 4.78 is 5.18. The van der Waals surface area contributed by atoms with Crippen molar-refractivity contribution in [2.75, 3.05) is 0 Å². The standard InChI is InChI=1S/C10H12N2O/c1-10(2,3)7-4-11-5-8-9(7)12-6-13-8/h4-6H,1-3H3. The predicted octanol–water partition coefficient (Wildman–Crippen LogP) is 2.52. The first-order chi connectivity index (χ1) is 6.09. The zero-order valence-electron chi connectivity index (χ0n) is 8.03. The van der Waals surface area contributed by atoms with Gasteiger partial charge in [-0.25, -0.2) is 4.98 Å². The van der Waals surface area contributed by atoms with Gasteiger partial charge in [0.2, 0.25) is 0 Å². The van der Waals surface area contributed by atoms with E-state index in [4.69, 9.17) is 4.42 Å². The van der Waals surface area contributed by atoms with Crippen molar-refractivity contribution in [3.63, 3.8) is 0 Å². The molecular weight excluding hydrogens is 164 g/mol. The van der Waals surface area contributed by atoms with Crippen LogP contribution in [0, 0.1) is 0 Å². The highest BCUT2D eigenvalue weighted by Gasteiger charge is 2.18. The van der Waals surface area contributed by atoms with Gasteiger partial charge in [-0.2, -0.15) is 0 Å². The predicted molar refractivity (Wildman–Crippen MR) is 50.5 cm³/mol. The molecule has 0 unspecified atom stereocenters. The molecule has 0 spiro atoms. The third-order valence-corrected chi connectivity index (χ3v) is 2.05. The molecular formula is C10H12N2O. The fraction of sp³-hybridized carbons (Fsp3) is 0.400. The van der Waals surface area contributed by atoms with E-state index < -0.39 is 0 Å². The second-order valence-corrected chi connectivity index (χ2v) is 4.14. The summed E-state index contributed by atoms with van der Waals surface area (Å²) in [5.74, 6) is 0. The highest BCUT2D eigenvalue weighted by molar-refractivity contribution is 5.75. The molecule has 0 aromatic carbocycles. The van der Waals surface area contributed by atoms with Crippen LogP contribution in [0.15, 0.2) is 23.2 Å². The lowest BCUT2D eigenvalue weighted by atomic mass is 9.87. The molecule has 3 heteroatoms. The lowest BCUT2D eigenvalue weighted by Crippen LogP contribution is -2.12. The van der Waals surface area contributed by atoms with Gasteiger partial charge in [0, 0.05) is 11.8 Å². The molecule has 0 aliphatic heterocycles. The molecule has 2 heterocycles. The van der Waals surface area contributed by atoms with Crippen molar-refractivity contribution < 1.29 is 4.42 Å². The first kappa shape index (κ1) is 8.23. The molecule has 3 nitrogen and oxygen atoms in total. The maximum atomic E-state index is 5.18. The molecule has 2 aromatic rings. The Morgan fingerprint density at radius 3 is 2.69 bits per heavy atom. The number of oxazole rings is 1. The van der Waals surface area contributed by atoms with Gasteiger partial charge in [0.15, 0.2) is 12.0 Å². The van der Waals surface area contributed by atoms with E-state index in [0.717, 1.165) is 16.7 Å². The highest BCUT2D eigenvalue weighted by atomic mass is 16.3. The smallest absolute Gasteiger partial charge is 0.182 e. The number of rotatable bonds is 0. The van der Waals surface area contributed by atoms with E-state index in [1.807, 2.05) is 6.20 Å². The maximum Gasteiger partial charge on any atom is 0.182 e. The molecule has 0 aliphatic rings. The molecule has 13 heavy (non-hydrogen) atoms. The van der Waals surface area contributed by atoms with Crippen LogP contribution in [0.4, 0.5) is 0 Å². The van der Waals surface area contributed by atoms with Crippen molar-refractivity contribution in [2.24, 2.45) is 0 Å². The largest absolute Gasteiger partial charge is 0.442 e. The summed E-state index contributed by atoms with van der Waals surface area (Å²) in [5, 5.41) is 0. The van der Waals surface area contributed by atoms with Crippen LogP contribution in [0.3, 0.4) is 0 Å². The Morgan fingerprint density at radius 1 is 1.23 bits per heavy atom. The minimum Gasteiger partial charge on any atom is -0.442 e. The Hall–Kier alpha value is -1.38. The number of aromatic nitrogens is 2. The van der Waals surface area contributed by atoms with Gasteiger partial charge in [-0.1, -0.05) is 20.8 Å². The Morgan fingerprint density at radius 2 is 2.00 bits per heavy atom. The van der Waals surface area contributed by atoms with E-state index in [0.29, 0.717) is 0 Å². The fourth-order valence-electron chi connectivity index (χ4n) is 1.34. The van der Waals surface area contributed by atoms with Crippen LogP contribution in [0.25, 0.3) is 11.1 Å². The molecule has 0 amide bonds. The second-order valence-electron chi connectivity index (χ2n) is 4.14. The van der Waals surface area contributed by atoms with Crippen LogP contribution in [0.1, 0.15) is 26.3 Å². The molecule has 68 valence electrons. The van der Waals surface area contributed by atoms with Gasteiger partial charge in [0.05, 0.1) is 6.20 Å². The number of fused-ring (bicyclic) bond motifs is 1. The minimum absolute atomic E-state index is 0.0589. The topological polar surface area (TPSA) is 38.9 Å². The summed E-state index contributed by atoms with van der Waals surface area (Å²) in [7, 11) is 0. The number of pyridine rings is 1. The lowest BCUT2D eigenvalue weighted by molar-refractivity contribution is 0.588. The number of hydrogen-bond donors (Lipinski definition) is 0. The Kier molecular flexibility index (Phi) is 1.62. The highest BCUT2D eigenvalue weighted by Crippen LogP contribution is 2.27. The van der Waals surface area contributed by atoms with Crippen molar-refractivity contribution in [1.29, 1.82) is 0 Å². The molecule has 2 aromatic heterocycles. The van der Waals surface area contributed by atoms with E-state index >= 15 is 0 Å². The first-order valence-corrected chi connectivity index (χ1v) is 4.27. The van der Waals surface area contributed by atoms with Gasteiger partial charge < -0.3 is 4.42 Å². The van der Waals surface area contributed by atoms with E-state index in [1.54, 1.807) is 6.20 Å². The van der Waals surface area contributed by atoms with Crippen molar-refractivity contribution in [1.82, 2.24) is 9.97 Å². The quantitative estimate of drug-likeness (QED) is 0.619. The molecule has 0 atom stereocenters. The lowest BCUT2D eigenvalue weighted by Gasteiger charge is -2.17. The Labute approximate surface area is 76.8 Å². The summed E-state index contributed by atoms with van der Waals surface area (Å²) in [5.41, 5.74) is 2.86. The Balaban J connectivity index is 2.75. The van der Waals surface area contributed by atoms with E-state index in [1.165, 1.54) is 6.39 Å². The zero-order chi connectivity index (χ0) is 9.47. The van der Waals surface area contributed by atoms with Crippen molar-refractivity contribution >= 4 is 11.1 Å². The molecule has 0 saturated heterocycles. The van der Waals surface area contributed by atoms with Crippen LogP contribution in [0.2, 0.25) is 0 Å². The minimum atomic E-state index is 0.0589. The summed E-state index contributed by atoms with van der Waals surface area (Å²) in [6.07, 6.45) is 5.00. The van der Waals surface area contributed by atoms with Gasteiger partial charge in [-0.15, -0.1) is 0 Å². The van der Waals surface area contributed by atoms with Crippen LogP contribution in [-0.2, 0) is 5.41 Å². The molecule has 0 N–H and O–H groups in total. The van der Waals surface area contributed by atoms with Crippen molar-refractivity contribution in [3.8, 4) is 0 Å². The molecule has 0 radical (unpaired) electrons. The molecule has 0 saturated carbocycles. The average Bonchev–Trinajstić information content (AvgIpc) is 2.48. The third kappa shape index (κ3) is 1.30. The van der Waals surface area contributed by atoms with Crippen LogP contribution in [-0.4, -0.2) is 9.97 Å². The van der Waals surface area contributed by atoms with E-state index in [9.17, 15) is 0 Å². The monoisotopic (exact) mass is 176 g/mol. The molecule has 0 fully saturated rings. The summed E-state index contributed by atoms with van der Waals surface area (Å²) in [6.45, 7) is 6.41. The molecule has 2 rings (SSSR count). The van der Waals surface area contributed by atoms with Crippen molar-refractivity contribution in [2.45, 2.75) is 26.2 Å². The SMILES string of the molecule is CC(C)(C)c1cncc2ocnc12. The summed E-state index contributed by atoms with van der Waals surface area (Å²) in [6, 6.07) is 0. The first-order valence-electron chi connectivity index (χ1n) is 4.27. The van der Waals surface area contributed by atoms with E-state index in [2.05, 4.69) is 30.7 Å². The summed E-state index contributed by atoms with van der Waals surface area (Å²) >= 11 is 0. The third-order valence-electron chi connectivity index (χ3n) is 2.05. The second kappa shape index (κ2) is 2.55. The molecule has 0 aliphatic carbocycles. The normalized spacial score (nSPS) is 12.2. The van der Waals surface area contributed by atoms with Crippen LogP contribution >= 0.6 is 0 Å². The van der Waals surface area contributed by atoms with E-state index in [-0.39, 0.29) is 5.41 Å². The zero-order valence-corrected chi connectivity index (χ0v) is 8.03. The van der Waals surface area contributed by atoms with Gasteiger partial charge in [0.1, 0.15) is 5.52 Å². The fourth-order valence-corrected chi connectivity index (χ4v) is 1.34. The van der Waals surface area contributed by atoms with Gasteiger partial charge in [-0.3, -0.25) is 4.98 Å². The molecule has 0 bridgehead atoms.